The van der Waals surface area contributed by atoms with Gasteiger partial charge in [0.2, 0.25) is 0 Å². The number of rotatable bonds is 1. The van der Waals surface area contributed by atoms with Crippen LogP contribution >= 0.6 is 11.6 Å². The van der Waals surface area contributed by atoms with Crippen molar-refractivity contribution in [1.29, 1.82) is 0 Å². The molecular formula is C12H16ClN3O. The van der Waals surface area contributed by atoms with Gasteiger partial charge < -0.3 is 4.90 Å². The third-order valence-corrected chi connectivity index (χ3v) is 4.48. The van der Waals surface area contributed by atoms with E-state index >= 15 is 0 Å². The second kappa shape index (κ2) is 3.73. The SMILES string of the molecule is CCC12CCCN1c1cc(Cl)nc(=O)n1CC2. The van der Waals surface area contributed by atoms with Gasteiger partial charge in [-0.25, -0.2) is 4.79 Å². The summed E-state index contributed by atoms with van der Waals surface area (Å²) in [4.78, 5) is 18.0. The van der Waals surface area contributed by atoms with Crippen molar-refractivity contribution in [2.45, 2.75) is 44.7 Å². The molecule has 0 bridgehead atoms. The molecule has 1 aromatic heterocycles. The molecule has 1 fully saturated rings. The topological polar surface area (TPSA) is 38.1 Å². The number of hydrogen-bond acceptors (Lipinski definition) is 3. The first-order valence-electron chi connectivity index (χ1n) is 6.21. The Kier molecular flexibility index (Phi) is 2.43. The van der Waals surface area contributed by atoms with Crippen molar-refractivity contribution in [3.63, 3.8) is 0 Å². The van der Waals surface area contributed by atoms with E-state index in [9.17, 15) is 4.79 Å². The van der Waals surface area contributed by atoms with E-state index < -0.39 is 0 Å². The molecule has 0 saturated carbocycles. The van der Waals surface area contributed by atoms with E-state index in [-0.39, 0.29) is 11.2 Å². The zero-order valence-electron chi connectivity index (χ0n) is 9.95. The molecule has 1 atom stereocenters. The molecule has 2 aliphatic rings. The summed E-state index contributed by atoms with van der Waals surface area (Å²) in [6.45, 7) is 4.02. The van der Waals surface area contributed by atoms with Crippen LogP contribution in [0.4, 0.5) is 5.82 Å². The molecular weight excluding hydrogens is 238 g/mol. The normalized spacial score (nSPS) is 26.8. The molecule has 17 heavy (non-hydrogen) atoms. The van der Waals surface area contributed by atoms with Crippen molar-refractivity contribution in [3.05, 3.63) is 21.7 Å². The summed E-state index contributed by atoms with van der Waals surface area (Å²) < 4.78 is 1.76. The van der Waals surface area contributed by atoms with Crippen LogP contribution in [-0.2, 0) is 6.54 Å². The Labute approximate surface area is 105 Å². The van der Waals surface area contributed by atoms with Crippen LogP contribution in [0.1, 0.15) is 32.6 Å². The maximum atomic E-state index is 11.8. The lowest BCUT2D eigenvalue weighted by molar-refractivity contribution is 0.321. The first-order valence-corrected chi connectivity index (χ1v) is 6.59. The van der Waals surface area contributed by atoms with Gasteiger partial charge in [-0.3, -0.25) is 4.57 Å². The quantitative estimate of drug-likeness (QED) is 0.719. The fraction of sp³-hybridized carbons (Fsp3) is 0.667. The van der Waals surface area contributed by atoms with Crippen molar-refractivity contribution in [3.8, 4) is 0 Å². The van der Waals surface area contributed by atoms with E-state index in [1.165, 1.54) is 12.8 Å². The van der Waals surface area contributed by atoms with E-state index in [1.54, 1.807) is 4.57 Å². The van der Waals surface area contributed by atoms with E-state index in [0.717, 1.165) is 31.7 Å². The van der Waals surface area contributed by atoms with Crippen LogP contribution in [0.5, 0.6) is 0 Å². The molecule has 2 aliphatic heterocycles. The number of hydrogen-bond donors (Lipinski definition) is 0. The lowest BCUT2D eigenvalue weighted by Gasteiger charge is -2.44. The molecule has 5 heteroatoms. The summed E-state index contributed by atoms with van der Waals surface area (Å²) in [7, 11) is 0. The molecule has 0 amide bonds. The summed E-state index contributed by atoms with van der Waals surface area (Å²) in [5, 5.41) is 0.306. The van der Waals surface area contributed by atoms with Crippen LogP contribution in [0.2, 0.25) is 5.15 Å². The lowest BCUT2D eigenvalue weighted by atomic mass is 9.87. The number of nitrogens with zero attached hydrogens (tertiary/aromatic N) is 3. The molecule has 0 N–H and O–H groups in total. The van der Waals surface area contributed by atoms with Crippen LogP contribution < -0.4 is 10.6 Å². The predicted octanol–water partition coefficient (Wildman–Crippen LogP) is 2.05. The molecule has 4 nitrogen and oxygen atoms in total. The van der Waals surface area contributed by atoms with Crippen molar-refractivity contribution in [2.24, 2.45) is 0 Å². The maximum Gasteiger partial charge on any atom is 0.350 e. The highest BCUT2D eigenvalue weighted by molar-refractivity contribution is 6.29. The lowest BCUT2D eigenvalue weighted by Crippen LogP contribution is -2.51. The van der Waals surface area contributed by atoms with Crippen LogP contribution in [0.25, 0.3) is 0 Å². The highest BCUT2D eigenvalue weighted by Crippen LogP contribution is 2.42. The van der Waals surface area contributed by atoms with Gasteiger partial charge in [-0.05, 0) is 25.7 Å². The average Bonchev–Trinajstić information content (AvgIpc) is 2.73. The Morgan fingerprint density at radius 1 is 1.47 bits per heavy atom. The van der Waals surface area contributed by atoms with E-state index in [4.69, 9.17) is 11.6 Å². The Balaban J connectivity index is 2.17. The van der Waals surface area contributed by atoms with Gasteiger partial charge in [-0.1, -0.05) is 18.5 Å². The fourth-order valence-electron chi connectivity index (χ4n) is 3.32. The molecule has 1 saturated heterocycles. The van der Waals surface area contributed by atoms with Gasteiger partial charge in [0.25, 0.3) is 0 Å². The van der Waals surface area contributed by atoms with Crippen molar-refractivity contribution >= 4 is 17.4 Å². The molecule has 1 unspecified atom stereocenters. The molecule has 0 aromatic carbocycles. The monoisotopic (exact) mass is 253 g/mol. The summed E-state index contributed by atoms with van der Waals surface area (Å²) in [6.07, 6.45) is 4.58. The first-order chi connectivity index (χ1) is 8.16. The minimum atomic E-state index is -0.218. The zero-order valence-corrected chi connectivity index (χ0v) is 10.7. The largest absolute Gasteiger partial charge is 0.352 e. The molecule has 0 aliphatic carbocycles. The molecule has 0 spiro atoms. The minimum Gasteiger partial charge on any atom is -0.352 e. The summed E-state index contributed by atoms with van der Waals surface area (Å²) in [5.74, 6) is 0.959. The van der Waals surface area contributed by atoms with Gasteiger partial charge in [0.05, 0.1) is 0 Å². The Morgan fingerprint density at radius 3 is 3.06 bits per heavy atom. The fourth-order valence-corrected chi connectivity index (χ4v) is 3.49. The van der Waals surface area contributed by atoms with E-state index in [1.807, 2.05) is 6.07 Å². The van der Waals surface area contributed by atoms with Crippen LogP contribution in [0, 0.1) is 0 Å². The smallest absolute Gasteiger partial charge is 0.350 e. The molecule has 92 valence electrons. The number of aromatic nitrogens is 2. The second-order valence-corrected chi connectivity index (χ2v) is 5.34. The summed E-state index contributed by atoms with van der Waals surface area (Å²) in [5.41, 5.74) is 0.0287. The molecule has 1 aromatic rings. The van der Waals surface area contributed by atoms with Crippen LogP contribution in [0.15, 0.2) is 10.9 Å². The second-order valence-electron chi connectivity index (χ2n) is 4.95. The summed E-state index contributed by atoms with van der Waals surface area (Å²) >= 11 is 5.91. The Bertz CT molecular complexity index is 513. The predicted molar refractivity (Wildman–Crippen MR) is 67.7 cm³/mol. The van der Waals surface area contributed by atoms with Crippen LogP contribution in [0.3, 0.4) is 0 Å². The Morgan fingerprint density at radius 2 is 2.29 bits per heavy atom. The van der Waals surface area contributed by atoms with Gasteiger partial charge >= 0.3 is 5.69 Å². The minimum absolute atomic E-state index is 0.218. The third kappa shape index (κ3) is 1.50. The first kappa shape index (κ1) is 11.1. The standard InChI is InChI=1S/C12H16ClN3O/c1-2-12-4-3-6-16(12)10-8-9(13)14-11(17)15(10)7-5-12/h8H,2-7H2,1H3. The highest BCUT2D eigenvalue weighted by Gasteiger charge is 2.43. The molecule has 3 rings (SSSR count). The maximum absolute atomic E-state index is 11.8. The highest BCUT2D eigenvalue weighted by atomic mass is 35.5. The number of fused-ring (bicyclic) bond motifs is 3. The van der Waals surface area contributed by atoms with Crippen LogP contribution in [-0.4, -0.2) is 21.6 Å². The van der Waals surface area contributed by atoms with Crippen molar-refractivity contribution in [2.75, 3.05) is 11.4 Å². The molecule has 0 radical (unpaired) electrons. The van der Waals surface area contributed by atoms with Gasteiger partial charge in [0, 0.05) is 24.7 Å². The number of anilines is 1. The van der Waals surface area contributed by atoms with Gasteiger partial charge in [-0.2, -0.15) is 4.98 Å². The van der Waals surface area contributed by atoms with E-state index in [0.29, 0.717) is 5.15 Å². The average molecular weight is 254 g/mol. The van der Waals surface area contributed by atoms with E-state index in [2.05, 4.69) is 16.8 Å². The Hall–Kier alpha value is -1.03. The third-order valence-electron chi connectivity index (χ3n) is 4.29. The van der Waals surface area contributed by atoms with Crippen molar-refractivity contribution in [1.82, 2.24) is 9.55 Å². The summed E-state index contributed by atoms with van der Waals surface area (Å²) in [6, 6.07) is 1.83. The van der Waals surface area contributed by atoms with Gasteiger partial charge in [0.1, 0.15) is 11.0 Å². The van der Waals surface area contributed by atoms with Crippen molar-refractivity contribution < 1.29 is 0 Å². The zero-order chi connectivity index (χ0) is 12.0. The molecule has 3 heterocycles. The van der Waals surface area contributed by atoms with Gasteiger partial charge in [-0.15, -0.1) is 0 Å². The number of halogens is 1. The van der Waals surface area contributed by atoms with Gasteiger partial charge in [0.15, 0.2) is 0 Å².